The Balaban J connectivity index is 2.20. The number of aryl methyl sites for hydroxylation is 1. The number of carbonyl (C=O) groups excluding carboxylic acids is 2. The van der Waals surface area contributed by atoms with Crippen LogP contribution >= 0.6 is 11.6 Å². The zero-order valence-corrected chi connectivity index (χ0v) is 14.4. The smallest absolute Gasteiger partial charge is 0.238 e. The van der Waals surface area contributed by atoms with Gasteiger partial charge in [-0.2, -0.15) is 0 Å². The third-order valence-corrected chi connectivity index (χ3v) is 4.48. The van der Waals surface area contributed by atoms with E-state index in [1.165, 1.54) is 0 Å². The third-order valence-electron chi connectivity index (χ3n) is 4.25. The lowest BCUT2D eigenvalue weighted by molar-refractivity contribution is -0.134. The molecule has 1 saturated heterocycles. The van der Waals surface area contributed by atoms with E-state index in [4.69, 9.17) is 16.3 Å². The van der Waals surface area contributed by atoms with Gasteiger partial charge in [0.15, 0.2) is 0 Å². The van der Waals surface area contributed by atoms with E-state index < -0.39 is 0 Å². The van der Waals surface area contributed by atoms with Gasteiger partial charge in [-0.3, -0.25) is 9.59 Å². The molecular formula is C17H23ClN2O3. The normalized spacial score (nSPS) is 17.5. The summed E-state index contributed by atoms with van der Waals surface area (Å²) in [4.78, 5) is 25.4. The summed E-state index contributed by atoms with van der Waals surface area (Å²) in [6.07, 6.45) is 1.98. The summed E-state index contributed by atoms with van der Waals surface area (Å²) in [6, 6.07) is 5.89. The molecule has 6 heteroatoms. The van der Waals surface area contributed by atoms with E-state index in [0.717, 1.165) is 23.3 Å². The molecule has 1 atom stereocenters. The van der Waals surface area contributed by atoms with Crippen LogP contribution < -0.4 is 10.1 Å². The average Bonchev–Trinajstić information content (AvgIpc) is 2.59. The van der Waals surface area contributed by atoms with Gasteiger partial charge in [-0.25, -0.2) is 0 Å². The number of ether oxygens (including phenoxy) is 1. The molecule has 1 aliphatic rings. The molecule has 1 aliphatic heterocycles. The minimum absolute atomic E-state index is 0.00856. The van der Waals surface area contributed by atoms with Crippen molar-refractivity contribution in [3.8, 4) is 5.75 Å². The summed E-state index contributed by atoms with van der Waals surface area (Å²) in [5, 5.41) is 2.83. The fourth-order valence-electron chi connectivity index (χ4n) is 2.88. The number of alkyl halides is 1. The Morgan fingerprint density at radius 3 is 2.78 bits per heavy atom. The fourth-order valence-corrected chi connectivity index (χ4v) is 3.03. The summed E-state index contributed by atoms with van der Waals surface area (Å²) >= 11 is 5.78. The molecule has 0 bridgehead atoms. The first-order chi connectivity index (χ1) is 11.1. The first-order valence-corrected chi connectivity index (χ1v) is 8.40. The summed E-state index contributed by atoms with van der Waals surface area (Å²) in [7, 11) is 1.64. The van der Waals surface area contributed by atoms with Crippen molar-refractivity contribution in [3.05, 3.63) is 29.3 Å². The lowest BCUT2D eigenvalue weighted by atomic mass is 10.0. The standard InChI is InChI=1S/C17H23ClN2O3/c1-3-12-8-15(23-2)6-4-13(12)11-20(17(22)9-18)14-5-7-16(21)19-10-14/h4,6,8,14H,3,5,7,9-11H2,1-2H3,(H,19,21). The molecule has 1 aromatic carbocycles. The van der Waals surface area contributed by atoms with E-state index in [2.05, 4.69) is 12.2 Å². The predicted molar refractivity (Wildman–Crippen MR) is 89.7 cm³/mol. The summed E-state index contributed by atoms with van der Waals surface area (Å²) < 4.78 is 5.26. The molecule has 0 aliphatic carbocycles. The van der Waals surface area contributed by atoms with Crippen LogP contribution in [0.2, 0.25) is 0 Å². The quantitative estimate of drug-likeness (QED) is 0.808. The van der Waals surface area contributed by atoms with E-state index in [1.807, 2.05) is 18.2 Å². The number of hydrogen-bond acceptors (Lipinski definition) is 3. The van der Waals surface area contributed by atoms with Gasteiger partial charge in [0.05, 0.1) is 7.11 Å². The minimum atomic E-state index is -0.106. The molecule has 0 radical (unpaired) electrons. The molecule has 5 nitrogen and oxygen atoms in total. The molecule has 126 valence electrons. The largest absolute Gasteiger partial charge is 0.497 e. The van der Waals surface area contributed by atoms with E-state index in [-0.39, 0.29) is 23.7 Å². The van der Waals surface area contributed by atoms with Gasteiger partial charge in [0.25, 0.3) is 0 Å². The SMILES string of the molecule is CCc1cc(OC)ccc1CN(C(=O)CCl)C1CCC(=O)NC1. The Morgan fingerprint density at radius 1 is 1.43 bits per heavy atom. The van der Waals surface area contributed by atoms with Gasteiger partial charge in [0.2, 0.25) is 11.8 Å². The third kappa shape index (κ3) is 4.38. The van der Waals surface area contributed by atoms with E-state index in [0.29, 0.717) is 25.9 Å². The fraction of sp³-hybridized carbons (Fsp3) is 0.529. The van der Waals surface area contributed by atoms with Crippen LogP contribution in [0.15, 0.2) is 18.2 Å². The molecule has 1 N–H and O–H groups in total. The van der Waals surface area contributed by atoms with Crippen molar-refractivity contribution in [1.29, 1.82) is 0 Å². The number of benzene rings is 1. The second-order valence-electron chi connectivity index (χ2n) is 5.64. The van der Waals surface area contributed by atoms with Crippen LogP contribution in [0.1, 0.15) is 30.9 Å². The number of nitrogens with zero attached hydrogens (tertiary/aromatic N) is 1. The van der Waals surface area contributed by atoms with Crippen LogP contribution in [-0.2, 0) is 22.6 Å². The van der Waals surface area contributed by atoms with Crippen molar-refractivity contribution in [2.24, 2.45) is 0 Å². The van der Waals surface area contributed by atoms with Crippen molar-refractivity contribution in [1.82, 2.24) is 10.2 Å². The maximum atomic E-state index is 12.3. The van der Waals surface area contributed by atoms with Gasteiger partial charge in [0, 0.05) is 25.6 Å². The van der Waals surface area contributed by atoms with Crippen LogP contribution in [0.5, 0.6) is 5.75 Å². The predicted octanol–water partition coefficient (Wildman–Crippen LogP) is 2.10. The highest BCUT2D eigenvalue weighted by atomic mass is 35.5. The second-order valence-corrected chi connectivity index (χ2v) is 5.91. The van der Waals surface area contributed by atoms with Gasteiger partial charge in [-0.15, -0.1) is 11.6 Å². The van der Waals surface area contributed by atoms with Crippen molar-refractivity contribution in [2.75, 3.05) is 19.5 Å². The highest BCUT2D eigenvalue weighted by Crippen LogP contribution is 2.22. The maximum absolute atomic E-state index is 12.3. The van der Waals surface area contributed by atoms with Gasteiger partial charge >= 0.3 is 0 Å². The zero-order valence-electron chi connectivity index (χ0n) is 13.6. The minimum Gasteiger partial charge on any atom is -0.497 e. The molecule has 0 saturated carbocycles. The first kappa shape index (κ1) is 17.6. The Bertz CT molecular complexity index is 567. The monoisotopic (exact) mass is 338 g/mol. The Kier molecular flexibility index (Phi) is 6.28. The highest BCUT2D eigenvalue weighted by Gasteiger charge is 2.27. The van der Waals surface area contributed by atoms with Crippen molar-refractivity contribution in [2.45, 2.75) is 38.8 Å². The molecule has 23 heavy (non-hydrogen) atoms. The molecule has 2 amide bonds. The number of carbonyl (C=O) groups is 2. The van der Waals surface area contributed by atoms with Crippen molar-refractivity contribution >= 4 is 23.4 Å². The van der Waals surface area contributed by atoms with Crippen LogP contribution in [0.25, 0.3) is 0 Å². The molecule has 2 rings (SSSR count). The first-order valence-electron chi connectivity index (χ1n) is 7.87. The average molecular weight is 339 g/mol. The van der Waals surface area contributed by atoms with Crippen molar-refractivity contribution < 1.29 is 14.3 Å². The van der Waals surface area contributed by atoms with E-state index in [9.17, 15) is 9.59 Å². The summed E-state index contributed by atoms with van der Waals surface area (Å²) in [6.45, 7) is 3.06. The lowest BCUT2D eigenvalue weighted by Gasteiger charge is -2.34. The topological polar surface area (TPSA) is 58.6 Å². The van der Waals surface area contributed by atoms with Gasteiger partial charge in [-0.1, -0.05) is 13.0 Å². The van der Waals surface area contributed by atoms with Gasteiger partial charge in [0.1, 0.15) is 11.6 Å². The van der Waals surface area contributed by atoms with Crippen LogP contribution in [0, 0.1) is 0 Å². The molecule has 1 heterocycles. The van der Waals surface area contributed by atoms with Gasteiger partial charge < -0.3 is 15.0 Å². The maximum Gasteiger partial charge on any atom is 0.238 e. The van der Waals surface area contributed by atoms with Crippen LogP contribution in [0.3, 0.4) is 0 Å². The molecule has 1 fully saturated rings. The Morgan fingerprint density at radius 2 is 2.22 bits per heavy atom. The number of nitrogens with one attached hydrogen (secondary N) is 1. The summed E-state index contributed by atoms with van der Waals surface area (Å²) in [5.74, 6) is 0.692. The molecule has 0 spiro atoms. The Labute approximate surface area is 141 Å². The highest BCUT2D eigenvalue weighted by molar-refractivity contribution is 6.27. The van der Waals surface area contributed by atoms with E-state index in [1.54, 1.807) is 12.0 Å². The van der Waals surface area contributed by atoms with Crippen molar-refractivity contribution in [3.63, 3.8) is 0 Å². The summed E-state index contributed by atoms with van der Waals surface area (Å²) in [5.41, 5.74) is 2.24. The second kappa shape index (κ2) is 8.20. The van der Waals surface area contributed by atoms with E-state index >= 15 is 0 Å². The molecule has 1 aromatic rings. The zero-order chi connectivity index (χ0) is 16.8. The Hall–Kier alpha value is -1.75. The van der Waals surface area contributed by atoms with Crippen LogP contribution in [-0.4, -0.2) is 42.3 Å². The molecule has 0 aromatic heterocycles. The number of halogens is 1. The lowest BCUT2D eigenvalue weighted by Crippen LogP contribution is -2.50. The molecule has 1 unspecified atom stereocenters. The number of piperidine rings is 1. The number of rotatable bonds is 6. The molecular weight excluding hydrogens is 316 g/mol. The number of hydrogen-bond donors (Lipinski definition) is 1. The number of methoxy groups -OCH3 is 1. The van der Waals surface area contributed by atoms with Crippen LogP contribution in [0.4, 0.5) is 0 Å². The van der Waals surface area contributed by atoms with Gasteiger partial charge in [-0.05, 0) is 36.1 Å². The number of amides is 2.